The summed E-state index contributed by atoms with van der Waals surface area (Å²) in [5, 5.41) is 10.2. The molecule has 0 aliphatic carbocycles. The van der Waals surface area contributed by atoms with Crippen LogP contribution < -0.4 is 0 Å². The van der Waals surface area contributed by atoms with Crippen molar-refractivity contribution in [3.8, 4) is 11.8 Å². The van der Waals surface area contributed by atoms with E-state index >= 15 is 0 Å². The molecule has 1 aliphatic rings. The van der Waals surface area contributed by atoms with Gasteiger partial charge in [0.05, 0.1) is 31.5 Å². The SMILES string of the molecule is C[C@@H](CCCC#CC[C@H](O)[C@@H](C)OCc1ccccc1)[C@@H]1COC(C)(C)O1. The molecule has 0 unspecified atom stereocenters. The third-order valence-corrected chi connectivity index (χ3v) is 4.96. The Bertz CT molecular complexity index is 602. The first-order valence-corrected chi connectivity index (χ1v) is 9.98. The van der Waals surface area contributed by atoms with Gasteiger partial charge < -0.3 is 19.3 Å². The molecule has 1 aromatic carbocycles. The van der Waals surface area contributed by atoms with Crippen LogP contribution in [0, 0.1) is 17.8 Å². The Hall–Kier alpha value is -1.38. The third-order valence-electron chi connectivity index (χ3n) is 4.96. The van der Waals surface area contributed by atoms with Crippen LogP contribution in [-0.4, -0.2) is 35.8 Å². The molecule has 4 atom stereocenters. The fraction of sp³-hybridized carbons (Fsp3) is 0.652. The molecule has 1 aliphatic heterocycles. The Kier molecular flexibility index (Phi) is 8.79. The van der Waals surface area contributed by atoms with E-state index in [0.29, 0.717) is 25.6 Å². The molecule has 27 heavy (non-hydrogen) atoms. The van der Waals surface area contributed by atoms with E-state index in [9.17, 15) is 5.11 Å². The molecule has 1 heterocycles. The van der Waals surface area contributed by atoms with Gasteiger partial charge in [-0.05, 0) is 45.1 Å². The second-order valence-electron chi connectivity index (χ2n) is 7.86. The van der Waals surface area contributed by atoms with Gasteiger partial charge in [-0.25, -0.2) is 0 Å². The Morgan fingerprint density at radius 2 is 1.96 bits per heavy atom. The summed E-state index contributed by atoms with van der Waals surface area (Å²) in [5.41, 5.74) is 1.11. The van der Waals surface area contributed by atoms with Crippen molar-refractivity contribution in [1.82, 2.24) is 0 Å². The summed E-state index contributed by atoms with van der Waals surface area (Å²) in [5.74, 6) is 6.27. The lowest BCUT2D eigenvalue weighted by atomic mass is 9.98. The van der Waals surface area contributed by atoms with E-state index < -0.39 is 11.9 Å². The first-order chi connectivity index (χ1) is 12.9. The van der Waals surface area contributed by atoms with Crippen molar-refractivity contribution < 1.29 is 19.3 Å². The van der Waals surface area contributed by atoms with Crippen LogP contribution in [0.4, 0.5) is 0 Å². The standard InChI is InChI=1S/C23H34O4/c1-18(22-17-26-23(3,4)27-22)12-8-5-6-11-15-21(24)19(2)25-16-20-13-9-7-10-14-20/h7,9-10,13-14,18-19,21-22,24H,5,8,12,15-17H2,1-4H3/t18-,19+,21-,22-/m0/s1. The molecule has 0 saturated carbocycles. The summed E-state index contributed by atoms with van der Waals surface area (Å²) in [6.07, 6.45) is 2.76. The zero-order chi connectivity index (χ0) is 19.7. The second-order valence-corrected chi connectivity index (χ2v) is 7.86. The maximum absolute atomic E-state index is 10.2. The van der Waals surface area contributed by atoms with Gasteiger partial charge in [-0.3, -0.25) is 0 Å². The Morgan fingerprint density at radius 1 is 1.22 bits per heavy atom. The minimum absolute atomic E-state index is 0.178. The van der Waals surface area contributed by atoms with Gasteiger partial charge in [0.15, 0.2) is 5.79 Å². The van der Waals surface area contributed by atoms with Crippen LogP contribution in [0.2, 0.25) is 0 Å². The van der Waals surface area contributed by atoms with Gasteiger partial charge in [-0.15, -0.1) is 11.8 Å². The molecule has 1 fully saturated rings. The molecule has 0 aromatic heterocycles. The molecule has 4 nitrogen and oxygen atoms in total. The van der Waals surface area contributed by atoms with Gasteiger partial charge in [-0.2, -0.15) is 0 Å². The van der Waals surface area contributed by atoms with Crippen molar-refractivity contribution in [3.05, 3.63) is 35.9 Å². The van der Waals surface area contributed by atoms with Gasteiger partial charge in [0.25, 0.3) is 0 Å². The van der Waals surface area contributed by atoms with Crippen molar-refractivity contribution in [2.24, 2.45) is 5.92 Å². The highest BCUT2D eigenvalue weighted by atomic mass is 16.7. The van der Waals surface area contributed by atoms with Gasteiger partial charge in [-0.1, -0.05) is 37.3 Å². The molecule has 0 radical (unpaired) electrons. The molecule has 0 bridgehead atoms. The van der Waals surface area contributed by atoms with Gasteiger partial charge in [0.1, 0.15) is 0 Å². The third kappa shape index (κ3) is 8.02. The molecular formula is C23H34O4. The molecule has 0 spiro atoms. The predicted molar refractivity (Wildman–Crippen MR) is 107 cm³/mol. The number of unbranched alkanes of at least 4 members (excludes halogenated alkanes) is 1. The maximum Gasteiger partial charge on any atom is 0.163 e. The molecule has 1 N–H and O–H groups in total. The van der Waals surface area contributed by atoms with E-state index in [2.05, 4.69) is 18.8 Å². The van der Waals surface area contributed by atoms with E-state index in [-0.39, 0.29) is 12.2 Å². The average Bonchev–Trinajstić information content (AvgIpc) is 3.03. The van der Waals surface area contributed by atoms with E-state index in [1.807, 2.05) is 51.1 Å². The molecule has 4 heteroatoms. The molecule has 0 amide bonds. The quantitative estimate of drug-likeness (QED) is 0.517. The molecule has 150 valence electrons. The number of benzene rings is 1. The van der Waals surface area contributed by atoms with E-state index in [1.54, 1.807) is 0 Å². The molecule has 1 saturated heterocycles. The molecular weight excluding hydrogens is 340 g/mol. The number of aliphatic hydroxyl groups excluding tert-OH is 1. The summed E-state index contributed by atoms with van der Waals surface area (Å²) in [6, 6.07) is 9.98. The zero-order valence-corrected chi connectivity index (χ0v) is 17.1. The minimum Gasteiger partial charge on any atom is -0.389 e. The Labute approximate surface area is 164 Å². The van der Waals surface area contributed by atoms with Crippen LogP contribution in [0.25, 0.3) is 0 Å². The topological polar surface area (TPSA) is 47.9 Å². The van der Waals surface area contributed by atoms with Crippen LogP contribution in [0.3, 0.4) is 0 Å². The minimum atomic E-state index is -0.564. The first-order valence-electron chi connectivity index (χ1n) is 9.98. The average molecular weight is 375 g/mol. The monoisotopic (exact) mass is 374 g/mol. The predicted octanol–water partition coefficient (Wildman–Crippen LogP) is 4.30. The van der Waals surface area contributed by atoms with Crippen LogP contribution in [0.15, 0.2) is 30.3 Å². The summed E-state index contributed by atoms with van der Waals surface area (Å²) < 4.78 is 17.3. The largest absolute Gasteiger partial charge is 0.389 e. The van der Waals surface area contributed by atoms with Crippen molar-refractivity contribution in [1.29, 1.82) is 0 Å². The maximum atomic E-state index is 10.2. The van der Waals surface area contributed by atoms with Crippen molar-refractivity contribution in [2.75, 3.05) is 6.61 Å². The van der Waals surface area contributed by atoms with Crippen molar-refractivity contribution in [2.45, 2.75) is 84.1 Å². The van der Waals surface area contributed by atoms with Crippen LogP contribution in [0.1, 0.15) is 58.9 Å². The smallest absolute Gasteiger partial charge is 0.163 e. The highest BCUT2D eigenvalue weighted by Crippen LogP contribution is 2.28. The summed E-state index contributed by atoms with van der Waals surface area (Å²) in [6.45, 7) is 9.20. The summed E-state index contributed by atoms with van der Waals surface area (Å²) >= 11 is 0. The normalized spacial score (nSPS) is 21.9. The van der Waals surface area contributed by atoms with Crippen LogP contribution >= 0.6 is 0 Å². The first kappa shape index (κ1) is 21.9. The number of hydrogen-bond acceptors (Lipinski definition) is 4. The fourth-order valence-corrected chi connectivity index (χ4v) is 3.04. The van der Waals surface area contributed by atoms with Crippen molar-refractivity contribution in [3.63, 3.8) is 0 Å². The summed E-state index contributed by atoms with van der Waals surface area (Å²) in [7, 11) is 0. The number of hydrogen-bond donors (Lipinski definition) is 1. The molecule has 1 aromatic rings. The van der Waals surface area contributed by atoms with Gasteiger partial charge >= 0.3 is 0 Å². The number of rotatable bonds is 9. The molecule has 2 rings (SSSR count). The lowest BCUT2D eigenvalue weighted by molar-refractivity contribution is -0.144. The fourth-order valence-electron chi connectivity index (χ4n) is 3.04. The zero-order valence-electron chi connectivity index (χ0n) is 17.1. The van der Waals surface area contributed by atoms with Gasteiger partial charge in [0, 0.05) is 12.8 Å². The number of ether oxygens (including phenoxy) is 3. The van der Waals surface area contributed by atoms with E-state index in [0.717, 1.165) is 24.8 Å². The van der Waals surface area contributed by atoms with Crippen molar-refractivity contribution >= 4 is 0 Å². The van der Waals surface area contributed by atoms with E-state index in [4.69, 9.17) is 14.2 Å². The van der Waals surface area contributed by atoms with Crippen LogP contribution in [-0.2, 0) is 20.8 Å². The van der Waals surface area contributed by atoms with E-state index in [1.165, 1.54) is 0 Å². The lowest BCUT2D eigenvalue weighted by Gasteiger charge is -2.20. The van der Waals surface area contributed by atoms with Gasteiger partial charge in [0.2, 0.25) is 0 Å². The second kappa shape index (κ2) is 10.8. The Morgan fingerprint density at radius 3 is 2.63 bits per heavy atom. The Balaban J connectivity index is 1.58. The van der Waals surface area contributed by atoms with Crippen LogP contribution in [0.5, 0.6) is 0 Å². The highest BCUT2D eigenvalue weighted by Gasteiger charge is 2.35. The highest BCUT2D eigenvalue weighted by molar-refractivity contribution is 5.13. The number of aliphatic hydroxyl groups is 1. The summed E-state index contributed by atoms with van der Waals surface area (Å²) in [4.78, 5) is 0. The lowest BCUT2D eigenvalue weighted by Crippen LogP contribution is -2.25.